The minimum Gasteiger partial charge on any atom is -0.388 e. The Hall–Kier alpha value is -1.99. The zero-order valence-corrected chi connectivity index (χ0v) is 10.8. The smallest absolute Gasteiger partial charge is 0.319 e. The molecule has 0 aliphatic heterocycles. The number of nitrogens with one attached hydrogen (secondary N) is 2. The summed E-state index contributed by atoms with van der Waals surface area (Å²) < 4.78 is 0. The van der Waals surface area contributed by atoms with Crippen molar-refractivity contribution in [1.29, 1.82) is 0 Å². The monoisotopic (exact) mass is 258 g/mol. The van der Waals surface area contributed by atoms with Gasteiger partial charge >= 0.3 is 6.03 Å². The van der Waals surface area contributed by atoms with Crippen LogP contribution in [0.1, 0.15) is 31.2 Å². The molecule has 3 N–H and O–H groups in total. The van der Waals surface area contributed by atoms with E-state index in [1.807, 2.05) is 0 Å². The Balaban J connectivity index is 1.85. The average Bonchev–Trinajstić information content (AvgIpc) is 2.84. The van der Waals surface area contributed by atoms with Gasteiger partial charge in [-0.3, -0.25) is 0 Å². The Morgan fingerprint density at radius 1 is 1.42 bits per heavy atom. The third kappa shape index (κ3) is 3.73. The predicted molar refractivity (Wildman–Crippen MR) is 74.8 cm³/mol. The molecule has 0 saturated heterocycles. The van der Waals surface area contributed by atoms with Gasteiger partial charge in [0.2, 0.25) is 0 Å². The van der Waals surface area contributed by atoms with Crippen LogP contribution in [0.5, 0.6) is 0 Å². The lowest BCUT2D eigenvalue weighted by molar-refractivity contribution is 0.0506. The molecule has 0 atom stereocenters. The Bertz CT molecular complexity index is 499. The summed E-state index contributed by atoms with van der Waals surface area (Å²) in [6, 6.07) is 6.75. The number of terminal acetylenes is 1. The Morgan fingerprint density at radius 3 is 2.84 bits per heavy atom. The summed E-state index contributed by atoms with van der Waals surface area (Å²) >= 11 is 0. The second kappa shape index (κ2) is 5.77. The number of benzene rings is 1. The summed E-state index contributed by atoms with van der Waals surface area (Å²) in [6.07, 6.45) is 8.83. The molecule has 0 spiro atoms. The molecule has 2 rings (SSSR count). The molecule has 4 heteroatoms. The van der Waals surface area contributed by atoms with Crippen LogP contribution >= 0.6 is 0 Å². The van der Waals surface area contributed by atoms with E-state index in [1.54, 1.807) is 24.3 Å². The SMILES string of the molecule is C#Cc1cccc(NC(=O)NCC2(O)CCCC2)c1. The van der Waals surface area contributed by atoms with Crippen molar-refractivity contribution in [1.82, 2.24) is 5.32 Å². The highest BCUT2D eigenvalue weighted by Gasteiger charge is 2.31. The van der Waals surface area contributed by atoms with Crippen molar-refractivity contribution in [3.8, 4) is 12.3 Å². The Labute approximate surface area is 113 Å². The van der Waals surface area contributed by atoms with E-state index in [1.165, 1.54) is 0 Å². The van der Waals surface area contributed by atoms with Gasteiger partial charge in [-0.1, -0.05) is 24.8 Å². The number of urea groups is 1. The fourth-order valence-corrected chi connectivity index (χ4v) is 2.32. The fraction of sp³-hybridized carbons (Fsp3) is 0.400. The van der Waals surface area contributed by atoms with Crippen molar-refractivity contribution >= 4 is 11.7 Å². The van der Waals surface area contributed by atoms with Crippen LogP contribution in [0.25, 0.3) is 0 Å². The lowest BCUT2D eigenvalue weighted by Crippen LogP contribution is -2.42. The first-order chi connectivity index (χ1) is 9.11. The molecule has 0 bridgehead atoms. The van der Waals surface area contributed by atoms with Crippen LogP contribution in [-0.4, -0.2) is 23.3 Å². The lowest BCUT2D eigenvalue weighted by Gasteiger charge is -2.22. The van der Waals surface area contributed by atoms with Gasteiger partial charge in [-0.05, 0) is 31.0 Å². The molecule has 2 amide bonds. The van der Waals surface area contributed by atoms with Gasteiger partial charge in [0.15, 0.2) is 0 Å². The minimum atomic E-state index is -0.738. The highest BCUT2D eigenvalue weighted by Crippen LogP contribution is 2.28. The fourth-order valence-electron chi connectivity index (χ4n) is 2.32. The number of rotatable bonds is 3. The van der Waals surface area contributed by atoms with E-state index in [0.29, 0.717) is 11.3 Å². The van der Waals surface area contributed by atoms with E-state index < -0.39 is 5.60 Å². The molecule has 1 aromatic rings. The summed E-state index contributed by atoms with van der Waals surface area (Å²) in [5.74, 6) is 2.51. The molecule has 0 heterocycles. The maximum Gasteiger partial charge on any atom is 0.319 e. The summed E-state index contributed by atoms with van der Waals surface area (Å²) in [4.78, 5) is 11.7. The van der Waals surface area contributed by atoms with E-state index >= 15 is 0 Å². The normalized spacial score (nSPS) is 16.6. The zero-order valence-electron chi connectivity index (χ0n) is 10.8. The van der Waals surface area contributed by atoms with Gasteiger partial charge in [0.05, 0.1) is 5.60 Å². The second-order valence-electron chi connectivity index (χ2n) is 4.96. The number of hydrogen-bond acceptors (Lipinski definition) is 2. The van der Waals surface area contributed by atoms with Crippen molar-refractivity contribution in [2.45, 2.75) is 31.3 Å². The number of carbonyl (C=O) groups excluding carboxylic acids is 1. The van der Waals surface area contributed by atoms with E-state index in [0.717, 1.165) is 25.7 Å². The summed E-state index contributed by atoms with van der Waals surface area (Å²) in [7, 11) is 0. The lowest BCUT2D eigenvalue weighted by atomic mass is 10.0. The van der Waals surface area contributed by atoms with E-state index in [2.05, 4.69) is 16.6 Å². The zero-order chi connectivity index (χ0) is 13.7. The topological polar surface area (TPSA) is 61.4 Å². The molecular formula is C15H18N2O2. The molecule has 4 nitrogen and oxygen atoms in total. The maximum absolute atomic E-state index is 11.7. The highest BCUT2D eigenvalue weighted by atomic mass is 16.3. The molecule has 0 aromatic heterocycles. The van der Waals surface area contributed by atoms with Crippen LogP contribution in [0.15, 0.2) is 24.3 Å². The van der Waals surface area contributed by atoms with Crippen molar-refractivity contribution in [2.75, 3.05) is 11.9 Å². The highest BCUT2D eigenvalue weighted by molar-refractivity contribution is 5.89. The summed E-state index contributed by atoms with van der Waals surface area (Å²) in [6.45, 7) is 0.285. The quantitative estimate of drug-likeness (QED) is 0.727. The van der Waals surface area contributed by atoms with Gasteiger partial charge in [0.1, 0.15) is 0 Å². The molecule has 1 aromatic carbocycles. The molecule has 1 aliphatic rings. The van der Waals surface area contributed by atoms with Crippen LogP contribution in [0.3, 0.4) is 0 Å². The minimum absolute atomic E-state index is 0.285. The number of hydrogen-bond donors (Lipinski definition) is 3. The number of carbonyl (C=O) groups is 1. The molecule has 1 fully saturated rings. The number of anilines is 1. The molecular weight excluding hydrogens is 240 g/mol. The predicted octanol–water partition coefficient (Wildman–Crippen LogP) is 2.09. The average molecular weight is 258 g/mol. The van der Waals surface area contributed by atoms with Gasteiger partial charge in [-0.15, -0.1) is 6.42 Å². The van der Waals surface area contributed by atoms with E-state index in [9.17, 15) is 9.90 Å². The third-order valence-electron chi connectivity index (χ3n) is 3.40. The molecule has 19 heavy (non-hydrogen) atoms. The van der Waals surface area contributed by atoms with Gasteiger partial charge < -0.3 is 15.7 Å². The van der Waals surface area contributed by atoms with Crippen LogP contribution in [0, 0.1) is 12.3 Å². The second-order valence-corrected chi connectivity index (χ2v) is 4.96. The molecule has 100 valence electrons. The first-order valence-electron chi connectivity index (χ1n) is 6.45. The standard InChI is InChI=1S/C15H18N2O2/c1-2-12-6-5-7-13(10-12)17-14(18)16-11-15(19)8-3-4-9-15/h1,5-7,10,19H,3-4,8-9,11H2,(H2,16,17,18). The first-order valence-corrected chi connectivity index (χ1v) is 6.45. The molecule has 1 saturated carbocycles. The molecule has 1 aliphatic carbocycles. The number of aliphatic hydroxyl groups is 1. The van der Waals surface area contributed by atoms with Crippen molar-refractivity contribution in [2.24, 2.45) is 0 Å². The van der Waals surface area contributed by atoms with Crippen molar-refractivity contribution < 1.29 is 9.90 Å². The van der Waals surface area contributed by atoms with Gasteiger partial charge in [-0.25, -0.2) is 4.79 Å². The first kappa shape index (κ1) is 13.4. The summed E-state index contributed by atoms with van der Waals surface area (Å²) in [5, 5.41) is 15.5. The van der Waals surface area contributed by atoms with Crippen LogP contribution in [-0.2, 0) is 0 Å². The van der Waals surface area contributed by atoms with E-state index in [4.69, 9.17) is 6.42 Å². The van der Waals surface area contributed by atoms with Gasteiger partial charge in [0, 0.05) is 17.8 Å². The summed E-state index contributed by atoms with van der Waals surface area (Å²) in [5.41, 5.74) is 0.622. The van der Waals surface area contributed by atoms with Crippen molar-refractivity contribution in [3.63, 3.8) is 0 Å². The largest absolute Gasteiger partial charge is 0.388 e. The molecule has 0 radical (unpaired) electrons. The third-order valence-corrected chi connectivity index (χ3v) is 3.40. The van der Waals surface area contributed by atoms with Gasteiger partial charge in [-0.2, -0.15) is 0 Å². The van der Waals surface area contributed by atoms with E-state index in [-0.39, 0.29) is 12.6 Å². The van der Waals surface area contributed by atoms with Crippen LogP contribution in [0.4, 0.5) is 10.5 Å². The van der Waals surface area contributed by atoms with Crippen LogP contribution in [0.2, 0.25) is 0 Å². The molecule has 0 unspecified atom stereocenters. The van der Waals surface area contributed by atoms with Crippen LogP contribution < -0.4 is 10.6 Å². The maximum atomic E-state index is 11.7. The van der Waals surface area contributed by atoms with Gasteiger partial charge in [0.25, 0.3) is 0 Å². The Morgan fingerprint density at radius 2 is 2.16 bits per heavy atom. The Kier molecular flexibility index (Phi) is 4.08. The van der Waals surface area contributed by atoms with Crippen molar-refractivity contribution in [3.05, 3.63) is 29.8 Å². The number of amides is 2.